The van der Waals surface area contributed by atoms with Gasteiger partial charge in [0.15, 0.2) is 4.96 Å². The summed E-state index contributed by atoms with van der Waals surface area (Å²) in [7, 11) is 1.64. The number of hydrogen-bond donors (Lipinski definition) is 1. The van der Waals surface area contributed by atoms with Gasteiger partial charge < -0.3 is 10.1 Å². The van der Waals surface area contributed by atoms with Crippen molar-refractivity contribution in [3.63, 3.8) is 0 Å². The summed E-state index contributed by atoms with van der Waals surface area (Å²) in [5, 5.41) is 6.98. The van der Waals surface area contributed by atoms with E-state index >= 15 is 0 Å². The molecule has 0 radical (unpaired) electrons. The van der Waals surface area contributed by atoms with Gasteiger partial charge in [0.1, 0.15) is 11.4 Å². The number of ether oxygens (including phenoxy) is 1. The molecule has 0 saturated heterocycles. The Hall–Kier alpha value is -3.64. The fraction of sp³-hybridized carbons (Fsp3) is 0.0435. The number of anilines is 1. The lowest BCUT2D eigenvalue weighted by Crippen LogP contribution is -2.14. The van der Waals surface area contributed by atoms with Gasteiger partial charge in [0, 0.05) is 28.2 Å². The van der Waals surface area contributed by atoms with E-state index in [1.54, 1.807) is 7.11 Å². The average Bonchev–Trinajstić information content (AvgIpc) is 3.35. The summed E-state index contributed by atoms with van der Waals surface area (Å²) in [6, 6.07) is 21.6. The second-order valence-corrected chi connectivity index (χ2v) is 7.45. The van der Waals surface area contributed by atoms with Crippen LogP contribution in [0.1, 0.15) is 10.5 Å². The molecule has 0 aliphatic carbocycles. The van der Waals surface area contributed by atoms with Gasteiger partial charge in [-0.25, -0.2) is 4.98 Å². The average molecular weight is 399 g/mol. The second kappa shape index (κ2) is 7.07. The number of benzene rings is 3. The summed E-state index contributed by atoms with van der Waals surface area (Å²) < 4.78 is 7.13. The first-order valence-electron chi connectivity index (χ1n) is 9.13. The molecular weight excluding hydrogens is 382 g/mol. The predicted octanol–water partition coefficient (Wildman–Crippen LogP) is 5.48. The molecule has 1 amide bonds. The molecule has 0 spiro atoms. The van der Waals surface area contributed by atoms with Crippen LogP contribution in [0.5, 0.6) is 5.75 Å². The molecule has 0 aliphatic heterocycles. The fourth-order valence-electron chi connectivity index (χ4n) is 3.39. The molecule has 142 valence electrons. The zero-order valence-corrected chi connectivity index (χ0v) is 16.4. The number of nitrogens with one attached hydrogen (secondary N) is 1. The van der Waals surface area contributed by atoms with Crippen molar-refractivity contribution in [1.82, 2.24) is 9.38 Å². The Kier molecular flexibility index (Phi) is 4.26. The van der Waals surface area contributed by atoms with E-state index in [2.05, 4.69) is 10.3 Å². The molecule has 3 aromatic carbocycles. The van der Waals surface area contributed by atoms with Crippen molar-refractivity contribution >= 4 is 38.7 Å². The van der Waals surface area contributed by atoms with Gasteiger partial charge in [0.05, 0.1) is 12.8 Å². The van der Waals surface area contributed by atoms with Crippen molar-refractivity contribution in [2.24, 2.45) is 0 Å². The Labute approximate surface area is 171 Å². The highest BCUT2D eigenvalue weighted by molar-refractivity contribution is 7.15. The number of hydrogen-bond acceptors (Lipinski definition) is 4. The smallest absolute Gasteiger partial charge is 0.273 e. The van der Waals surface area contributed by atoms with Crippen LogP contribution in [0.2, 0.25) is 0 Å². The Morgan fingerprint density at radius 1 is 1.07 bits per heavy atom. The monoisotopic (exact) mass is 399 g/mol. The highest BCUT2D eigenvalue weighted by Crippen LogP contribution is 2.28. The predicted molar refractivity (Wildman–Crippen MR) is 117 cm³/mol. The topological polar surface area (TPSA) is 55.6 Å². The number of rotatable bonds is 4. The van der Waals surface area contributed by atoms with Crippen molar-refractivity contribution in [3.05, 3.63) is 84.0 Å². The molecule has 5 rings (SSSR count). The van der Waals surface area contributed by atoms with Crippen LogP contribution in [-0.2, 0) is 0 Å². The second-order valence-electron chi connectivity index (χ2n) is 6.61. The number of thiazole rings is 1. The van der Waals surface area contributed by atoms with Gasteiger partial charge in [0.2, 0.25) is 0 Å². The van der Waals surface area contributed by atoms with Crippen molar-refractivity contribution in [3.8, 4) is 17.0 Å². The Bertz CT molecular complexity index is 1350. The summed E-state index contributed by atoms with van der Waals surface area (Å²) in [5.41, 5.74) is 3.09. The first-order valence-corrected chi connectivity index (χ1v) is 10.0. The zero-order valence-electron chi connectivity index (χ0n) is 15.6. The van der Waals surface area contributed by atoms with E-state index in [-0.39, 0.29) is 5.91 Å². The van der Waals surface area contributed by atoms with Crippen LogP contribution in [0.3, 0.4) is 0 Å². The van der Waals surface area contributed by atoms with Crippen LogP contribution < -0.4 is 10.1 Å². The third-order valence-corrected chi connectivity index (χ3v) is 5.68. The molecule has 0 bridgehead atoms. The molecule has 5 nitrogen and oxygen atoms in total. The number of imidazole rings is 1. The molecule has 2 heterocycles. The van der Waals surface area contributed by atoms with Crippen LogP contribution in [0.4, 0.5) is 5.69 Å². The molecular formula is C23H17N3O2S. The number of carbonyl (C=O) groups is 1. The number of fused-ring (bicyclic) bond motifs is 2. The van der Waals surface area contributed by atoms with E-state index in [9.17, 15) is 4.79 Å². The van der Waals surface area contributed by atoms with E-state index in [0.29, 0.717) is 5.69 Å². The number of amides is 1. The van der Waals surface area contributed by atoms with Gasteiger partial charge in [-0.1, -0.05) is 48.5 Å². The minimum absolute atomic E-state index is 0.165. The van der Waals surface area contributed by atoms with E-state index in [1.807, 2.05) is 82.7 Å². The lowest BCUT2D eigenvalue weighted by Gasteiger charge is -2.08. The zero-order chi connectivity index (χ0) is 19.8. The standard InChI is InChI=1S/C23H17N3O2S/c1-28-17-9-4-8-16(12-17)20-13-26-21(14-29-23(26)25-20)22(27)24-19-11-5-7-15-6-2-3-10-18(15)19/h2-14H,1H3,(H,24,27). The maximum Gasteiger partial charge on any atom is 0.273 e. The van der Waals surface area contributed by atoms with Gasteiger partial charge in [-0.15, -0.1) is 11.3 Å². The van der Waals surface area contributed by atoms with Gasteiger partial charge in [-0.05, 0) is 23.6 Å². The number of carbonyl (C=O) groups excluding carboxylic acids is 1. The number of methoxy groups -OCH3 is 1. The Morgan fingerprint density at radius 3 is 2.79 bits per heavy atom. The highest BCUT2D eigenvalue weighted by Gasteiger charge is 2.16. The lowest BCUT2D eigenvalue weighted by atomic mass is 10.1. The third kappa shape index (κ3) is 3.13. The van der Waals surface area contributed by atoms with Crippen molar-refractivity contribution < 1.29 is 9.53 Å². The normalized spacial score (nSPS) is 11.1. The van der Waals surface area contributed by atoms with Gasteiger partial charge in [-0.3, -0.25) is 9.20 Å². The molecule has 29 heavy (non-hydrogen) atoms. The molecule has 5 aromatic rings. The highest BCUT2D eigenvalue weighted by atomic mass is 32.1. The molecule has 0 atom stereocenters. The first-order chi connectivity index (χ1) is 14.2. The van der Waals surface area contributed by atoms with Crippen LogP contribution in [0.25, 0.3) is 27.0 Å². The van der Waals surface area contributed by atoms with E-state index in [1.165, 1.54) is 11.3 Å². The van der Waals surface area contributed by atoms with Crippen LogP contribution in [0.15, 0.2) is 78.3 Å². The molecule has 2 aromatic heterocycles. The van der Waals surface area contributed by atoms with Crippen LogP contribution in [-0.4, -0.2) is 22.4 Å². The van der Waals surface area contributed by atoms with Crippen molar-refractivity contribution in [2.75, 3.05) is 12.4 Å². The SMILES string of the molecule is COc1cccc(-c2cn3c(C(=O)Nc4cccc5ccccc45)csc3n2)c1. The van der Waals surface area contributed by atoms with E-state index in [0.717, 1.165) is 38.4 Å². The lowest BCUT2D eigenvalue weighted by molar-refractivity contribution is 0.102. The van der Waals surface area contributed by atoms with Gasteiger partial charge >= 0.3 is 0 Å². The maximum absolute atomic E-state index is 13.0. The summed E-state index contributed by atoms with van der Waals surface area (Å²) in [6.45, 7) is 0. The summed E-state index contributed by atoms with van der Waals surface area (Å²) in [4.78, 5) is 18.4. The summed E-state index contributed by atoms with van der Waals surface area (Å²) in [5.74, 6) is 0.606. The van der Waals surface area contributed by atoms with E-state index in [4.69, 9.17) is 4.74 Å². The first kappa shape index (κ1) is 17.5. The summed E-state index contributed by atoms with van der Waals surface area (Å²) in [6.07, 6.45) is 1.89. The van der Waals surface area contributed by atoms with Crippen molar-refractivity contribution in [1.29, 1.82) is 0 Å². The third-order valence-electron chi connectivity index (χ3n) is 4.85. The molecule has 6 heteroatoms. The molecule has 1 N–H and O–H groups in total. The van der Waals surface area contributed by atoms with Crippen LogP contribution in [0, 0.1) is 0 Å². The van der Waals surface area contributed by atoms with E-state index < -0.39 is 0 Å². The Morgan fingerprint density at radius 2 is 1.90 bits per heavy atom. The minimum Gasteiger partial charge on any atom is -0.497 e. The maximum atomic E-state index is 13.0. The van der Waals surface area contributed by atoms with Crippen molar-refractivity contribution in [2.45, 2.75) is 0 Å². The number of aromatic nitrogens is 2. The largest absolute Gasteiger partial charge is 0.497 e. The Balaban J connectivity index is 1.50. The molecule has 0 unspecified atom stereocenters. The quantitative estimate of drug-likeness (QED) is 0.436. The minimum atomic E-state index is -0.165. The fourth-order valence-corrected chi connectivity index (χ4v) is 4.24. The van der Waals surface area contributed by atoms with Gasteiger partial charge in [0.25, 0.3) is 5.91 Å². The molecule has 0 fully saturated rings. The molecule has 0 aliphatic rings. The summed E-state index contributed by atoms with van der Waals surface area (Å²) >= 11 is 1.44. The molecule has 0 saturated carbocycles. The number of nitrogens with zero attached hydrogens (tertiary/aromatic N) is 2. The van der Waals surface area contributed by atoms with Crippen LogP contribution >= 0.6 is 11.3 Å². The van der Waals surface area contributed by atoms with Gasteiger partial charge in [-0.2, -0.15) is 0 Å².